The van der Waals surface area contributed by atoms with Crippen LogP contribution in [0, 0.1) is 6.92 Å². The van der Waals surface area contributed by atoms with Crippen LogP contribution in [0.25, 0.3) is 10.3 Å². The van der Waals surface area contributed by atoms with Crippen molar-refractivity contribution in [2.24, 2.45) is 4.99 Å². The number of hydrogen-bond acceptors (Lipinski definition) is 3. The number of halogens is 1. The minimum Gasteiger partial charge on any atom is -0.429 e. The molecule has 90 valence electrons. The van der Waals surface area contributed by atoms with Gasteiger partial charge in [0.2, 0.25) is 0 Å². The van der Waals surface area contributed by atoms with Crippen molar-refractivity contribution in [3.63, 3.8) is 0 Å². The molecule has 0 fully saturated rings. The van der Waals surface area contributed by atoms with E-state index in [-0.39, 0.29) is 0 Å². The number of rotatable bonds is 1. The summed E-state index contributed by atoms with van der Waals surface area (Å²) in [5, 5.41) is 0.706. The Labute approximate surface area is 113 Å². The molecule has 1 heterocycles. The third-order valence-electron chi connectivity index (χ3n) is 2.54. The lowest BCUT2D eigenvalue weighted by atomic mass is 10.2. The highest BCUT2D eigenvalue weighted by Crippen LogP contribution is 2.20. The summed E-state index contributed by atoms with van der Waals surface area (Å²) in [6.45, 7) is 2.06. The Bertz CT molecular complexity index is 755. The third-order valence-corrected chi connectivity index (χ3v) is 3.68. The molecule has 0 aliphatic carbocycles. The summed E-state index contributed by atoms with van der Waals surface area (Å²) in [5.41, 5.74) is 2.93. The van der Waals surface area contributed by atoms with Gasteiger partial charge >= 0.3 is 0 Å². The van der Waals surface area contributed by atoms with Gasteiger partial charge in [0.15, 0.2) is 0 Å². The van der Waals surface area contributed by atoms with Crippen LogP contribution >= 0.6 is 22.9 Å². The standard InChI is InChI=1S/C14H10ClNOS/c1-9-2-7-12-13(8-9)18-14(17-12)16-11-5-3-10(15)4-6-11/h2-8H,1H3. The third kappa shape index (κ3) is 2.33. The second kappa shape index (κ2) is 4.59. The Morgan fingerprint density at radius 1 is 1.11 bits per heavy atom. The van der Waals surface area contributed by atoms with Crippen molar-refractivity contribution in [2.75, 3.05) is 0 Å². The summed E-state index contributed by atoms with van der Waals surface area (Å²) in [4.78, 5) is 5.09. The quantitative estimate of drug-likeness (QED) is 0.633. The second-order valence-electron chi connectivity index (χ2n) is 4.01. The van der Waals surface area contributed by atoms with Crippen molar-refractivity contribution in [3.8, 4) is 0 Å². The first-order chi connectivity index (χ1) is 8.70. The van der Waals surface area contributed by atoms with E-state index in [9.17, 15) is 0 Å². The van der Waals surface area contributed by atoms with Crippen LogP contribution < -0.4 is 4.87 Å². The molecule has 0 saturated heterocycles. The molecule has 0 N–H and O–H groups in total. The molecular formula is C14H10ClNOS. The van der Waals surface area contributed by atoms with Crippen molar-refractivity contribution in [2.45, 2.75) is 6.92 Å². The van der Waals surface area contributed by atoms with Gasteiger partial charge in [-0.25, -0.2) is 4.99 Å². The molecule has 3 rings (SSSR count). The van der Waals surface area contributed by atoms with Crippen LogP contribution in [0.1, 0.15) is 5.56 Å². The number of fused-ring (bicyclic) bond motifs is 1. The van der Waals surface area contributed by atoms with Crippen LogP contribution in [0.2, 0.25) is 5.02 Å². The van der Waals surface area contributed by atoms with Crippen LogP contribution in [0.5, 0.6) is 0 Å². The molecule has 4 heteroatoms. The van der Waals surface area contributed by atoms with E-state index in [1.807, 2.05) is 36.4 Å². The molecule has 0 radical (unpaired) electrons. The van der Waals surface area contributed by atoms with Crippen LogP contribution in [-0.4, -0.2) is 0 Å². The van der Waals surface area contributed by atoms with Crippen molar-refractivity contribution in [3.05, 3.63) is 57.9 Å². The van der Waals surface area contributed by atoms with Crippen molar-refractivity contribution < 1.29 is 4.42 Å². The highest BCUT2D eigenvalue weighted by atomic mass is 35.5. The Morgan fingerprint density at radius 3 is 2.67 bits per heavy atom. The second-order valence-corrected chi connectivity index (χ2v) is 5.44. The molecule has 0 atom stereocenters. The smallest absolute Gasteiger partial charge is 0.279 e. The topological polar surface area (TPSA) is 25.5 Å². The monoisotopic (exact) mass is 275 g/mol. The Balaban J connectivity index is 2.11. The fourth-order valence-corrected chi connectivity index (χ4v) is 2.71. The van der Waals surface area contributed by atoms with Crippen LogP contribution in [0.15, 0.2) is 51.9 Å². The molecule has 0 saturated carbocycles. The summed E-state index contributed by atoms with van der Waals surface area (Å²) in [5.74, 6) is 0. The largest absolute Gasteiger partial charge is 0.429 e. The molecule has 0 bridgehead atoms. The number of hydrogen-bond donors (Lipinski definition) is 0. The SMILES string of the molecule is Cc1ccc2oc(=Nc3ccc(Cl)cc3)sc2c1. The van der Waals surface area contributed by atoms with E-state index in [0.717, 1.165) is 16.0 Å². The van der Waals surface area contributed by atoms with E-state index in [1.165, 1.54) is 5.56 Å². The Hall–Kier alpha value is -1.58. The molecule has 0 amide bonds. The first-order valence-electron chi connectivity index (χ1n) is 5.51. The average molecular weight is 276 g/mol. The van der Waals surface area contributed by atoms with E-state index >= 15 is 0 Å². The molecule has 0 unspecified atom stereocenters. The minimum absolute atomic E-state index is 0.651. The lowest BCUT2D eigenvalue weighted by molar-refractivity contribution is 0.570. The molecular weight excluding hydrogens is 266 g/mol. The summed E-state index contributed by atoms with van der Waals surface area (Å²) in [6, 6.07) is 13.5. The minimum atomic E-state index is 0.651. The van der Waals surface area contributed by atoms with Gasteiger partial charge in [0, 0.05) is 5.02 Å². The molecule has 0 aliphatic heterocycles. The summed E-state index contributed by atoms with van der Waals surface area (Å²) < 4.78 is 6.79. The highest BCUT2D eigenvalue weighted by molar-refractivity contribution is 7.16. The van der Waals surface area contributed by atoms with Crippen LogP contribution in [0.3, 0.4) is 0 Å². The predicted octanol–water partition coefficient (Wildman–Crippen LogP) is 4.69. The van der Waals surface area contributed by atoms with E-state index < -0.39 is 0 Å². The molecule has 0 spiro atoms. The van der Waals surface area contributed by atoms with E-state index in [0.29, 0.717) is 9.89 Å². The summed E-state index contributed by atoms with van der Waals surface area (Å²) in [6.07, 6.45) is 0. The zero-order chi connectivity index (χ0) is 12.5. The van der Waals surface area contributed by atoms with Gasteiger partial charge in [-0.05, 0) is 48.9 Å². The lowest BCUT2D eigenvalue weighted by Gasteiger charge is -1.90. The fraction of sp³-hybridized carbons (Fsp3) is 0.0714. The van der Waals surface area contributed by atoms with Crippen molar-refractivity contribution in [1.82, 2.24) is 0 Å². The molecule has 0 aliphatic rings. The van der Waals surface area contributed by atoms with Gasteiger partial charge in [0.1, 0.15) is 5.58 Å². The van der Waals surface area contributed by atoms with E-state index in [4.69, 9.17) is 16.0 Å². The molecule has 2 nitrogen and oxygen atoms in total. The van der Waals surface area contributed by atoms with Gasteiger partial charge in [-0.2, -0.15) is 0 Å². The molecule has 1 aromatic heterocycles. The zero-order valence-electron chi connectivity index (χ0n) is 9.68. The van der Waals surface area contributed by atoms with Crippen molar-refractivity contribution >= 4 is 38.9 Å². The maximum Gasteiger partial charge on any atom is 0.279 e. The van der Waals surface area contributed by atoms with Crippen LogP contribution in [-0.2, 0) is 0 Å². The maximum absolute atomic E-state index is 5.83. The van der Waals surface area contributed by atoms with Gasteiger partial charge in [-0.3, -0.25) is 0 Å². The van der Waals surface area contributed by atoms with Gasteiger partial charge in [-0.1, -0.05) is 29.0 Å². The van der Waals surface area contributed by atoms with Crippen molar-refractivity contribution in [1.29, 1.82) is 0 Å². The van der Waals surface area contributed by atoms with Gasteiger partial charge in [0.05, 0.1) is 10.4 Å². The summed E-state index contributed by atoms with van der Waals surface area (Å²) >= 11 is 7.38. The zero-order valence-corrected chi connectivity index (χ0v) is 11.3. The Morgan fingerprint density at radius 2 is 1.89 bits per heavy atom. The highest BCUT2D eigenvalue weighted by Gasteiger charge is 2.00. The number of benzene rings is 2. The first kappa shape index (κ1) is 11.5. The molecule has 2 aromatic carbocycles. The maximum atomic E-state index is 5.83. The molecule has 3 aromatic rings. The number of aryl methyl sites for hydroxylation is 1. The average Bonchev–Trinajstić information content (AvgIpc) is 2.73. The van der Waals surface area contributed by atoms with E-state index in [2.05, 4.69) is 18.0 Å². The van der Waals surface area contributed by atoms with Gasteiger partial charge in [0.25, 0.3) is 4.87 Å². The lowest BCUT2D eigenvalue weighted by Crippen LogP contribution is -1.87. The predicted molar refractivity (Wildman–Crippen MR) is 75.5 cm³/mol. The Kier molecular flexibility index (Phi) is 2.94. The number of nitrogens with zero attached hydrogens (tertiary/aromatic N) is 1. The normalized spacial score (nSPS) is 12.2. The molecule has 18 heavy (non-hydrogen) atoms. The fourth-order valence-electron chi connectivity index (χ4n) is 1.66. The van der Waals surface area contributed by atoms with Crippen LogP contribution in [0.4, 0.5) is 5.69 Å². The summed E-state index contributed by atoms with van der Waals surface area (Å²) in [7, 11) is 0. The van der Waals surface area contributed by atoms with Gasteiger partial charge in [-0.15, -0.1) is 0 Å². The first-order valence-corrected chi connectivity index (χ1v) is 6.71. The van der Waals surface area contributed by atoms with Gasteiger partial charge < -0.3 is 4.42 Å². The van der Waals surface area contributed by atoms with E-state index in [1.54, 1.807) is 11.3 Å².